The molecule has 3 N–H and O–H groups in total. The highest BCUT2D eigenvalue weighted by Gasteiger charge is 2.33. The van der Waals surface area contributed by atoms with Gasteiger partial charge in [-0.05, 0) is 79.7 Å². The summed E-state index contributed by atoms with van der Waals surface area (Å²) in [5, 5.41) is 13.4. The minimum Gasteiger partial charge on any atom is -0.452 e. The van der Waals surface area contributed by atoms with Crippen LogP contribution in [0.4, 0.5) is 5.69 Å². The zero-order valence-corrected chi connectivity index (χ0v) is 19.5. The lowest BCUT2D eigenvalue weighted by Crippen LogP contribution is -2.48. The normalized spacial score (nSPS) is 19.5. The summed E-state index contributed by atoms with van der Waals surface area (Å²) in [5.41, 5.74) is 2.46. The van der Waals surface area contributed by atoms with Crippen LogP contribution >= 0.6 is 0 Å². The zero-order valence-electron chi connectivity index (χ0n) is 18.7. The zero-order chi connectivity index (χ0) is 22.9. The molecule has 32 heavy (non-hydrogen) atoms. The Balaban J connectivity index is 1.53. The third-order valence-corrected chi connectivity index (χ3v) is 8.27. The van der Waals surface area contributed by atoms with Crippen LogP contribution in [0.2, 0.25) is 0 Å². The molecule has 0 saturated heterocycles. The first-order valence-corrected chi connectivity index (χ1v) is 12.9. The smallest absolute Gasteiger partial charge is 0.276 e. The summed E-state index contributed by atoms with van der Waals surface area (Å²) < 4.78 is 31.9. The Labute approximate surface area is 189 Å². The van der Waals surface area contributed by atoms with E-state index in [1.54, 1.807) is 0 Å². The van der Waals surface area contributed by atoms with Crippen LogP contribution < -0.4 is 10.0 Å². The fourth-order valence-corrected chi connectivity index (χ4v) is 6.40. The maximum Gasteiger partial charge on any atom is 0.276 e. The molecule has 0 aliphatic heterocycles. The number of aliphatic hydroxyl groups is 1. The minimum atomic E-state index is -4.08. The highest BCUT2D eigenvalue weighted by atomic mass is 32.2. The van der Waals surface area contributed by atoms with Gasteiger partial charge in [0.15, 0.2) is 0 Å². The molecule has 1 fully saturated rings. The molecular weight excluding hydrogens is 428 g/mol. The Morgan fingerprint density at radius 2 is 1.97 bits per heavy atom. The van der Waals surface area contributed by atoms with E-state index in [4.69, 9.17) is 4.42 Å². The number of furan rings is 1. The number of carbonyl (C=O) groups excluding carboxylic acids is 1. The Bertz CT molecular complexity index is 1070. The van der Waals surface area contributed by atoms with Gasteiger partial charge in [-0.3, -0.25) is 4.79 Å². The van der Waals surface area contributed by atoms with Crippen molar-refractivity contribution in [1.29, 1.82) is 0 Å². The first kappa shape index (κ1) is 23.0. The van der Waals surface area contributed by atoms with Crippen molar-refractivity contribution in [3.8, 4) is 0 Å². The third-order valence-electron chi connectivity index (χ3n) is 6.80. The second-order valence-electron chi connectivity index (χ2n) is 9.39. The van der Waals surface area contributed by atoms with E-state index in [0.717, 1.165) is 30.5 Å². The Morgan fingerprint density at radius 3 is 2.66 bits per heavy atom. The third kappa shape index (κ3) is 4.92. The molecule has 2 atom stereocenters. The first-order chi connectivity index (χ1) is 15.2. The van der Waals surface area contributed by atoms with Crippen molar-refractivity contribution in [3.63, 3.8) is 0 Å². The van der Waals surface area contributed by atoms with Gasteiger partial charge in [0.2, 0.25) is 11.0 Å². The van der Waals surface area contributed by atoms with Crippen molar-refractivity contribution in [2.75, 3.05) is 5.32 Å². The van der Waals surface area contributed by atoms with Gasteiger partial charge >= 0.3 is 0 Å². The lowest BCUT2D eigenvalue weighted by Gasteiger charge is -2.26. The van der Waals surface area contributed by atoms with Crippen molar-refractivity contribution in [3.05, 3.63) is 47.2 Å². The molecular formula is C24H32N2O5S. The molecule has 1 aromatic carbocycles. The van der Waals surface area contributed by atoms with Gasteiger partial charge in [-0.2, -0.15) is 4.72 Å². The van der Waals surface area contributed by atoms with Crippen LogP contribution in [0.3, 0.4) is 0 Å². The number of sulfonamides is 1. The van der Waals surface area contributed by atoms with E-state index in [9.17, 15) is 18.3 Å². The van der Waals surface area contributed by atoms with Crippen molar-refractivity contribution in [2.24, 2.45) is 5.92 Å². The number of rotatable bonds is 8. The summed E-state index contributed by atoms with van der Waals surface area (Å²) in [6.07, 6.45) is 8.69. The van der Waals surface area contributed by atoms with Crippen LogP contribution in [0.5, 0.6) is 0 Å². The number of amides is 1. The molecule has 2 unspecified atom stereocenters. The van der Waals surface area contributed by atoms with Crippen LogP contribution in [0.15, 0.2) is 40.0 Å². The molecule has 1 saturated carbocycles. The molecule has 7 nitrogen and oxygen atoms in total. The summed E-state index contributed by atoms with van der Waals surface area (Å²) in [5.74, 6) is 0.502. The van der Waals surface area contributed by atoms with Gasteiger partial charge in [-0.1, -0.05) is 31.9 Å². The topological polar surface area (TPSA) is 109 Å². The molecule has 2 aromatic rings. The van der Waals surface area contributed by atoms with Crippen molar-refractivity contribution < 1.29 is 22.7 Å². The molecule has 174 valence electrons. The quantitative estimate of drug-likeness (QED) is 0.515. The molecule has 8 heteroatoms. The summed E-state index contributed by atoms with van der Waals surface area (Å²) in [6.45, 7) is 3.50. The average molecular weight is 461 g/mol. The molecule has 0 spiro atoms. The van der Waals surface area contributed by atoms with Crippen LogP contribution in [0.1, 0.15) is 75.0 Å². The molecule has 1 heterocycles. The average Bonchev–Trinajstić information content (AvgIpc) is 3.48. The second-order valence-corrected chi connectivity index (χ2v) is 11.0. The second kappa shape index (κ2) is 9.00. The number of anilines is 1. The SMILES string of the molecule is CC(c1ccc2c(c1NC(=O)CC(C)(O)NS(=O)(=O)c1ccco1)CCC2)C1CCCC1. The summed E-state index contributed by atoms with van der Waals surface area (Å²) in [4.78, 5) is 13.0. The molecule has 1 aromatic heterocycles. The summed E-state index contributed by atoms with van der Waals surface area (Å²) in [6, 6.07) is 7.05. The molecule has 0 bridgehead atoms. The van der Waals surface area contributed by atoms with Crippen molar-refractivity contribution in [1.82, 2.24) is 4.72 Å². The molecule has 0 radical (unpaired) electrons. The van der Waals surface area contributed by atoms with Gasteiger partial charge in [0.1, 0.15) is 5.72 Å². The van der Waals surface area contributed by atoms with E-state index in [-0.39, 0.29) is 5.09 Å². The van der Waals surface area contributed by atoms with Crippen LogP contribution in [0.25, 0.3) is 0 Å². The predicted molar refractivity (Wildman–Crippen MR) is 122 cm³/mol. The molecule has 4 rings (SSSR count). The van der Waals surface area contributed by atoms with E-state index >= 15 is 0 Å². The number of nitrogens with one attached hydrogen (secondary N) is 2. The van der Waals surface area contributed by atoms with Crippen LogP contribution in [0, 0.1) is 5.92 Å². The fraction of sp³-hybridized carbons (Fsp3) is 0.542. The van der Waals surface area contributed by atoms with E-state index in [1.807, 2.05) is 0 Å². The van der Waals surface area contributed by atoms with Crippen molar-refractivity contribution >= 4 is 21.6 Å². The number of fused-ring (bicyclic) bond motifs is 1. The van der Waals surface area contributed by atoms with Crippen molar-refractivity contribution in [2.45, 2.75) is 81.9 Å². The highest BCUT2D eigenvalue weighted by Crippen LogP contribution is 2.42. The lowest BCUT2D eigenvalue weighted by atomic mass is 9.84. The molecule has 2 aliphatic carbocycles. The lowest BCUT2D eigenvalue weighted by molar-refractivity contribution is -0.120. The van der Waals surface area contributed by atoms with E-state index in [1.165, 1.54) is 62.1 Å². The number of aryl methyl sites for hydroxylation is 1. The summed E-state index contributed by atoms with van der Waals surface area (Å²) in [7, 11) is -4.08. The fourth-order valence-electron chi connectivity index (χ4n) is 5.21. The number of carbonyl (C=O) groups is 1. The van der Waals surface area contributed by atoms with Crippen LogP contribution in [-0.2, 0) is 27.7 Å². The highest BCUT2D eigenvalue weighted by molar-refractivity contribution is 7.89. The molecule has 1 amide bonds. The largest absolute Gasteiger partial charge is 0.452 e. The number of hydrogen-bond donors (Lipinski definition) is 3. The van der Waals surface area contributed by atoms with Gasteiger partial charge in [0.05, 0.1) is 12.7 Å². The number of hydrogen-bond acceptors (Lipinski definition) is 5. The predicted octanol–water partition coefficient (Wildman–Crippen LogP) is 4.08. The minimum absolute atomic E-state index is 0.313. The Morgan fingerprint density at radius 1 is 1.22 bits per heavy atom. The Hall–Kier alpha value is -2.16. The van der Waals surface area contributed by atoms with Crippen LogP contribution in [-0.4, -0.2) is 25.2 Å². The molecule has 2 aliphatic rings. The first-order valence-electron chi connectivity index (χ1n) is 11.4. The van der Waals surface area contributed by atoms with E-state index in [2.05, 4.69) is 29.1 Å². The van der Waals surface area contributed by atoms with E-state index in [0.29, 0.717) is 11.8 Å². The maximum absolute atomic E-state index is 13.0. The van der Waals surface area contributed by atoms with E-state index < -0.39 is 28.1 Å². The maximum atomic E-state index is 13.0. The van der Waals surface area contributed by atoms with Gasteiger partial charge in [-0.25, -0.2) is 8.42 Å². The number of benzene rings is 1. The summed E-state index contributed by atoms with van der Waals surface area (Å²) >= 11 is 0. The standard InChI is InChI=1S/C24H32N2O5S/c1-16(17-7-3-4-8-17)19-13-12-18-9-5-10-20(18)23(19)25-21(27)15-24(2,28)26-32(29,30)22-11-6-14-31-22/h6,11-14,16-17,26,28H,3-5,7-10,15H2,1-2H3,(H,25,27). The van der Waals surface area contributed by atoms with Gasteiger partial charge in [0, 0.05) is 5.69 Å². The monoisotopic (exact) mass is 460 g/mol. The van der Waals surface area contributed by atoms with Gasteiger partial charge < -0.3 is 14.8 Å². The Kier molecular flexibility index (Phi) is 6.47. The van der Waals surface area contributed by atoms with Gasteiger partial charge in [0.25, 0.3) is 10.0 Å². The van der Waals surface area contributed by atoms with Gasteiger partial charge in [-0.15, -0.1) is 0 Å².